The van der Waals surface area contributed by atoms with Gasteiger partial charge >= 0.3 is 5.97 Å². The molecule has 6 nitrogen and oxygen atoms in total. The smallest absolute Gasteiger partial charge is 0.338 e. The molecule has 2 saturated heterocycles. The number of thioether (sulfide) groups is 1. The number of carbonyl (C=O) groups is 1. The van der Waals surface area contributed by atoms with Crippen LogP contribution in [0, 0.1) is 6.92 Å². The van der Waals surface area contributed by atoms with Gasteiger partial charge in [-0.1, -0.05) is 93.2 Å². The highest BCUT2D eigenvalue weighted by Gasteiger charge is 2.51. The molecule has 3 unspecified atom stereocenters. The normalized spacial score (nSPS) is 27.4. The highest BCUT2D eigenvalue weighted by Crippen LogP contribution is 2.41. The molecule has 7 heteroatoms. The Morgan fingerprint density at radius 2 is 1.66 bits per heavy atom. The number of esters is 1. The van der Waals surface area contributed by atoms with Crippen molar-refractivity contribution in [3.05, 3.63) is 101 Å². The van der Waals surface area contributed by atoms with Gasteiger partial charge < -0.3 is 24.1 Å². The van der Waals surface area contributed by atoms with E-state index in [1.165, 1.54) is 17.3 Å². The lowest BCUT2D eigenvalue weighted by atomic mass is 9.87. The van der Waals surface area contributed by atoms with Crippen LogP contribution in [0.2, 0.25) is 0 Å². The van der Waals surface area contributed by atoms with Crippen LogP contribution in [0.15, 0.2) is 83.8 Å². The molecule has 0 bridgehead atoms. The second kappa shape index (κ2) is 11.2. The first-order chi connectivity index (χ1) is 18.2. The maximum absolute atomic E-state index is 13.1. The van der Waals surface area contributed by atoms with Crippen LogP contribution in [0.25, 0.3) is 0 Å². The molecule has 2 fully saturated rings. The summed E-state index contributed by atoms with van der Waals surface area (Å²) in [6.07, 6.45) is -3.95. The minimum Gasteiger partial charge on any atom is -0.452 e. The lowest BCUT2D eigenvalue weighted by Crippen LogP contribution is -2.61. The summed E-state index contributed by atoms with van der Waals surface area (Å²) >= 11 is 1.45. The number of aryl methyl sites for hydroxylation is 1. The van der Waals surface area contributed by atoms with Gasteiger partial charge in [-0.2, -0.15) is 0 Å². The lowest BCUT2D eigenvalue weighted by molar-refractivity contribution is -0.317. The molecule has 3 aromatic carbocycles. The van der Waals surface area contributed by atoms with Gasteiger partial charge in [-0.3, -0.25) is 0 Å². The Morgan fingerprint density at radius 1 is 0.974 bits per heavy atom. The Hall–Kier alpha value is -2.68. The van der Waals surface area contributed by atoms with Gasteiger partial charge in [-0.05, 0) is 41.7 Å². The SMILES string of the molecule is Cc1ccc(C(C)(C)C)cc1S[C@@H]1OC2COC(c3ccccc3)O[C@H]2C(O)[C@@H]1OC(=O)c1ccccc1. The van der Waals surface area contributed by atoms with Crippen LogP contribution < -0.4 is 0 Å². The van der Waals surface area contributed by atoms with Crippen molar-refractivity contribution in [3.8, 4) is 0 Å². The van der Waals surface area contributed by atoms with E-state index in [1.807, 2.05) is 43.3 Å². The van der Waals surface area contributed by atoms with E-state index in [-0.39, 0.29) is 12.0 Å². The summed E-state index contributed by atoms with van der Waals surface area (Å²) in [6.45, 7) is 8.80. The zero-order chi connectivity index (χ0) is 26.9. The second-order valence-electron chi connectivity index (χ2n) is 10.8. The van der Waals surface area contributed by atoms with Gasteiger partial charge in [0.2, 0.25) is 0 Å². The Morgan fingerprint density at radius 3 is 2.34 bits per heavy atom. The first-order valence-corrected chi connectivity index (χ1v) is 13.8. The molecule has 3 aromatic rings. The number of fused-ring (bicyclic) bond motifs is 1. The molecule has 0 aromatic heterocycles. The molecule has 5 rings (SSSR count). The predicted molar refractivity (Wildman–Crippen MR) is 146 cm³/mol. The first kappa shape index (κ1) is 26.9. The van der Waals surface area contributed by atoms with Crippen molar-refractivity contribution in [3.63, 3.8) is 0 Å². The van der Waals surface area contributed by atoms with E-state index in [0.717, 1.165) is 16.0 Å². The van der Waals surface area contributed by atoms with E-state index >= 15 is 0 Å². The fourth-order valence-corrected chi connectivity index (χ4v) is 5.90. The number of aliphatic hydroxyl groups is 1. The van der Waals surface area contributed by atoms with E-state index in [1.54, 1.807) is 24.3 Å². The summed E-state index contributed by atoms with van der Waals surface area (Å²) < 4.78 is 24.6. The topological polar surface area (TPSA) is 74.2 Å². The monoisotopic (exact) mass is 534 g/mol. The highest BCUT2D eigenvalue weighted by molar-refractivity contribution is 7.99. The summed E-state index contributed by atoms with van der Waals surface area (Å²) in [5.74, 6) is -0.519. The van der Waals surface area contributed by atoms with Gasteiger partial charge in [-0.15, -0.1) is 0 Å². The van der Waals surface area contributed by atoms with Crippen molar-refractivity contribution < 1.29 is 28.8 Å². The molecule has 1 N–H and O–H groups in total. The molecule has 0 saturated carbocycles. The third kappa shape index (κ3) is 5.82. The minimum atomic E-state index is -1.11. The van der Waals surface area contributed by atoms with Gasteiger partial charge in [0.25, 0.3) is 0 Å². The molecule has 0 spiro atoms. The average Bonchev–Trinajstić information content (AvgIpc) is 2.92. The van der Waals surface area contributed by atoms with Crippen molar-refractivity contribution in [2.75, 3.05) is 6.61 Å². The van der Waals surface area contributed by atoms with Gasteiger partial charge in [0.15, 0.2) is 12.4 Å². The Balaban J connectivity index is 1.43. The van der Waals surface area contributed by atoms with Crippen LogP contribution in [0.5, 0.6) is 0 Å². The number of aliphatic hydroxyl groups excluding tert-OH is 1. The largest absolute Gasteiger partial charge is 0.452 e. The maximum atomic E-state index is 13.1. The highest BCUT2D eigenvalue weighted by atomic mass is 32.2. The fourth-order valence-electron chi connectivity index (χ4n) is 4.65. The minimum absolute atomic E-state index is 0.0300. The first-order valence-electron chi connectivity index (χ1n) is 12.9. The zero-order valence-corrected chi connectivity index (χ0v) is 22.9. The van der Waals surface area contributed by atoms with Crippen molar-refractivity contribution in [2.45, 2.75) is 74.1 Å². The van der Waals surface area contributed by atoms with Crippen molar-refractivity contribution in [1.82, 2.24) is 0 Å². The zero-order valence-electron chi connectivity index (χ0n) is 22.1. The summed E-state index contributed by atoms with van der Waals surface area (Å²) in [4.78, 5) is 14.1. The Bertz CT molecular complexity index is 1240. The molecular formula is C31H34O6S. The summed E-state index contributed by atoms with van der Waals surface area (Å²) in [5, 5.41) is 11.6. The predicted octanol–water partition coefficient (Wildman–Crippen LogP) is 5.81. The average molecular weight is 535 g/mol. The van der Waals surface area contributed by atoms with Crippen LogP contribution >= 0.6 is 11.8 Å². The number of ether oxygens (including phenoxy) is 4. The molecule has 2 aliphatic heterocycles. The van der Waals surface area contributed by atoms with E-state index < -0.39 is 42.1 Å². The molecule has 0 aliphatic carbocycles. The van der Waals surface area contributed by atoms with E-state index in [9.17, 15) is 9.90 Å². The maximum Gasteiger partial charge on any atom is 0.338 e. The summed E-state index contributed by atoms with van der Waals surface area (Å²) in [6, 6.07) is 24.7. The van der Waals surface area contributed by atoms with Crippen LogP contribution in [-0.4, -0.2) is 47.5 Å². The molecule has 2 aliphatic rings. The number of benzene rings is 3. The molecule has 38 heavy (non-hydrogen) atoms. The quantitative estimate of drug-likeness (QED) is 0.414. The van der Waals surface area contributed by atoms with Gasteiger partial charge in [0.05, 0.1) is 12.2 Å². The van der Waals surface area contributed by atoms with Crippen LogP contribution in [-0.2, 0) is 24.4 Å². The van der Waals surface area contributed by atoms with Gasteiger partial charge in [0, 0.05) is 10.5 Å². The van der Waals surface area contributed by atoms with Crippen LogP contribution in [0.1, 0.15) is 54.1 Å². The van der Waals surface area contributed by atoms with Gasteiger partial charge in [-0.25, -0.2) is 4.79 Å². The van der Waals surface area contributed by atoms with Crippen molar-refractivity contribution in [2.24, 2.45) is 0 Å². The van der Waals surface area contributed by atoms with Gasteiger partial charge in [0.1, 0.15) is 23.7 Å². The summed E-state index contributed by atoms with van der Waals surface area (Å²) in [7, 11) is 0. The van der Waals surface area contributed by atoms with E-state index in [0.29, 0.717) is 5.56 Å². The fraction of sp³-hybridized carbons (Fsp3) is 0.387. The Kier molecular flexibility index (Phi) is 7.93. The molecule has 200 valence electrons. The molecule has 2 heterocycles. The second-order valence-corrected chi connectivity index (χ2v) is 11.9. The van der Waals surface area contributed by atoms with E-state index in [2.05, 4.69) is 39.0 Å². The Labute approximate surface area is 228 Å². The van der Waals surface area contributed by atoms with Crippen LogP contribution in [0.3, 0.4) is 0 Å². The summed E-state index contributed by atoms with van der Waals surface area (Å²) in [5.41, 5.74) is 2.84. The number of rotatable bonds is 5. The molecule has 6 atom stereocenters. The molecular weight excluding hydrogens is 500 g/mol. The van der Waals surface area contributed by atoms with Crippen molar-refractivity contribution >= 4 is 17.7 Å². The number of hydrogen-bond donors (Lipinski definition) is 1. The van der Waals surface area contributed by atoms with E-state index in [4.69, 9.17) is 18.9 Å². The lowest BCUT2D eigenvalue weighted by Gasteiger charge is -2.47. The van der Waals surface area contributed by atoms with Crippen molar-refractivity contribution in [1.29, 1.82) is 0 Å². The van der Waals surface area contributed by atoms with Crippen LogP contribution in [0.4, 0.5) is 0 Å². The molecule has 0 radical (unpaired) electrons. The third-order valence-electron chi connectivity index (χ3n) is 6.93. The number of carbonyl (C=O) groups excluding carboxylic acids is 1. The molecule has 0 amide bonds. The number of hydrogen-bond acceptors (Lipinski definition) is 7. The third-order valence-corrected chi connectivity index (χ3v) is 8.24. The standard InChI is InChI=1S/C31H34O6S/c1-19-15-16-22(31(2,3)4)17-24(19)38-30-27(36-28(33)20-11-7-5-8-12-20)25(32)26-23(35-30)18-34-29(37-26)21-13-9-6-10-14-21/h5-17,23,25-27,29-30,32H,18H2,1-4H3/t23?,25?,26-,27+,29?,30+/m1/s1.